The third-order valence-corrected chi connectivity index (χ3v) is 6.78. The molecule has 0 aromatic heterocycles. The normalized spacial score (nSPS) is 15.0. The standard InChI is InChI=1S/C29H42FN7O12/c1-15(40)23(26(47)34-19(13-38)25(46)32-9-8-22(44)45)36-28(49)29(3,10-17-6-4-5-7-18(17)30)37-27(48)24(16(2)41)35-21(43)12-33-20(42)11-31-14-39/h4-7,14-16,19,23-24,38,40-41H,8-13H2,1-3H3,(H,31,39)(H,32,46)(H,33,42)(H,34,47)(H,35,43)(H,36,49)(H,37,48)(H,44,45)/t15-,16-,19?,23?,24?,29?/m1/s1. The molecule has 11 N–H and O–H groups in total. The highest BCUT2D eigenvalue weighted by molar-refractivity contribution is 5.98. The van der Waals surface area contributed by atoms with Crippen LogP contribution in [0.15, 0.2) is 24.3 Å². The SMILES string of the molecule is C[C@@H](O)C(NC(=O)CNC(=O)CNC=O)C(=O)NC(C)(Cc1ccccc1F)C(=O)NC(C(=O)NC(CO)C(=O)NCCC(=O)O)[C@@H](C)O. The lowest BCUT2D eigenvalue weighted by molar-refractivity contribution is -0.140. The highest BCUT2D eigenvalue weighted by Gasteiger charge is 2.41. The van der Waals surface area contributed by atoms with Gasteiger partial charge in [-0.15, -0.1) is 0 Å². The molecule has 0 aliphatic rings. The topological polar surface area (TPSA) is 302 Å². The molecule has 0 aliphatic heterocycles. The molecule has 0 heterocycles. The number of rotatable bonds is 21. The molecule has 0 bridgehead atoms. The molecule has 4 unspecified atom stereocenters. The number of halogens is 1. The number of aliphatic carboxylic acids is 1. The average molecular weight is 700 g/mol. The number of nitrogens with one attached hydrogen (secondary N) is 7. The van der Waals surface area contributed by atoms with Crippen molar-refractivity contribution in [2.24, 2.45) is 0 Å². The second-order valence-corrected chi connectivity index (χ2v) is 11.0. The Bertz CT molecular complexity index is 1360. The van der Waals surface area contributed by atoms with E-state index in [-0.39, 0.29) is 18.5 Å². The van der Waals surface area contributed by atoms with Crippen molar-refractivity contribution >= 4 is 47.8 Å². The zero-order chi connectivity index (χ0) is 37.3. The van der Waals surface area contributed by atoms with Crippen LogP contribution in [0.3, 0.4) is 0 Å². The van der Waals surface area contributed by atoms with Crippen LogP contribution in [0.4, 0.5) is 4.39 Å². The highest BCUT2D eigenvalue weighted by atomic mass is 19.1. The lowest BCUT2D eigenvalue weighted by atomic mass is 9.90. The summed E-state index contributed by atoms with van der Waals surface area (Å²) in [5.74, 6) is -8.14. The smallest absolute Gasteiger partial charge is 0.305 e. The minimum Gasteiger partial charge on any atom is -0.481 e. The predicted molar refractivity (Wildman–Crippen MR) is 165 cm³/mol. The van der Waals surface area contributed by atoms with Crippen molar-refractivity contribution < 1.29 is 63.2 Å². The lowest BCUT2D eigenvalue weighted by Gasteiger charge is -2.34. The van der Waals surface area contributed by atoms with Gasteiger partial charge in [0.1, 0.15) is 29.5 Å². The van der Waals surface area contributed by atoms with Gasteiger partial charge in [0, 0.05) is 13.0 Å². The molecule has 1 rings (SSSR count). The third-order valence-electron chi connectivity index (χ3n) is 6.78. The van der Waals surface area contributed by atoms with Crippen LogP contribution in [-0.4, -0.2) is 130 Å². The zero-order valence-corrected chi connectivity index (χ0v) is 26.9. The number of carboxylic acid groups (broad SMARTS) is 1. The monoisotopic (exact) mass is 699 g/mol. The first-order valence-corrected chi connectivity index (χ1v) is 14.8. The van der Waals surface area contributed by atoms with Gasteiger partial charge in [0.15, 0.2) is 0 Å². The summed E-state index contributed by atoms with van der Waals surface area (Å²) in [7, 11) is 0. The fourth-order valence-electron chi connectivity index (χ4n) is 4.14. The predicted octanol–water partition coefficient (Wildman–Crippen LogP) is -5.10. The van der Waals surface area contributed by atoms with E-state index in [1.54, 1.807) is 0 Å². The van der Waals surface area contributed by atoms with Crippen LogP contribution >= 0.6 is 0 Å². The minimum atomic E-state index is -2.15. The van der Waals surface area contributed by atoms with Gasteiger partial charge in [0.25, 0.3) is 0 Å². The number of amides is 7. The Balaban J connectivity index is 3.27. The number of aliphatic hydroxyl groups excluding tert-OH is 3. The molecule has 0 radical (unpaired) electrons. The number of carboxylic acids is 1. The van der Waals surface area contributed by atoms with Crippen LogP contribution in [0.2, 0.25) is 0 Å². The number of hydrogen-bond acceptors (Lipinski definition) is 11. The number of carbonyl (C=O) groups excluding carboxylic acids is 7. The molecule has 0 saturated heterocycles. The molecule has 272 valence electrons. The first-order valence-electron chi connectivity index (χ1n) is 14.8. The van der Waals surface area contributed by atoms with Gasteiger partial charge in [-0.3, -0.25) is 38.4 Å². The van der Waals surface area contributed by atoms with Gasteiger partial charge >= 0.3 is 5.97 Å². The Morgan fingerprint density at radius 2 is 1.47 bits per heavy atom. The molecule has 0 saturated carbocycles. The molecule has 20 heteroatoms. The van der Waals surface area contributed by atoms with Gasteiger partial charge in [-0.05, 0) is 32.4 Å². The van der Waals surface area contributed by atoms with Crippen molar-refractivity contribution in [2.45, 2.75) is 69.5 Å². The molecular formula is C29H42FN7O12. The second-order valence-electron chi connectivity index (χ2n) is 11.0. The molecule has 49 heavy (non-hydrogen) atoms. The summed E-state index contributed by atoms with van der Waals surface area (Å²) in [6, 6.07) is 0.0160. The Labute approximate surface area is 279 Å². The number of carbonyl (C=O) groups is 8. The van der Waals surface area contributed by atoms with Crippen molar-refractivity contribution in [3.8, 4) is 0 Å². The minimum absolute atomic E-state index is 0.0823. The summed E-state index contributed by atoms with van der Waals surface area (Å²) in [4.78, 5) is 97.7. The summed E-state index contributed by atoms with van der Waals surface area (Å²) in [6.07, 6.45) is -3.97. The average Bonchev–Trinajstić information content (AvgIpc) is 3.02. The molecule has 7 amide bonds. The molecule has 0 fully saturated rings. The summed E-state index contributed by atoms with van der Waals surface area (Å²) >= 11 is 0. The zero-order valence-electron chi connectivity index (χ0n) is 26.9. The fraction of sp³-hybridized carbons (Fsp3) is 0.517. The van der Waals surface area contributed by atoms with Gasteiger partial charge in [0.05, 0.1) is 38.3 Å². The first-order chi connectivity index (χ1) is 22.9. The molecule has 1 aromatic carbocycles. The van der Waals surface area contributed by atoms with Crippen molar-refractivity contribution in [2.75, 3.05) is 26.2 Å². The van der Waals surface area contributed by atoms with Crippen LogP contribution in [-0.2, 0) is 44.8 Å². The van der Waals surface area contributed by atoms with Gasteiger partial charge in [-0.1, -0.05) is 18.2 Å². The van der Waals surface area contributed by atoms with E-state index < -0.39 is 116 Å². The second kappa shape index (κ2) is 20.2. The van der Waals surface area contributed by atoms with Crippen LogP contribution in [0.1, 0.15) is 32.8 Å². The summed E-state index contributed by atoms with van der Waals surface area (Å²) in [5.41, 5.74) is -2.23. The van der Waals surface area contributed by atoms with E-state index in [2.05, 4.69) is 37.2 Å². The van der Waals surface area contributed by atoms with E-state index in [4.69, 9.17) is 5.11 Å². The van der Waals surface area contributed by atoms with E-state index in [0.717, 1.165) is 26.8 Å². The molecule has 19 nitrogen and oxygen atoms in total. The van der Waals surface area contributed by atoms with E-state index >= 15 is 0 Å². The van der Waals surface area contributed by atoms with Crippen molar-refractivity contribution in [3.63, 3.8) is 0 Å². The number of benzene rings is 1. The van der Waals surface area contributed by atoms with E-state index in [0.29, 0.717) is 0 Å². The highest BCUT2D eigenvalue weighted by Crippen LogP contribution is 2.18. The third kappa shape index (κ3) is 14.2. The van der Waals surface area contributed by atoms with Crippen LogP contribution in [0, 0.1) is 5.82 Å². The fourth-order valence-corrected chi connectivity index (χ4v) is 4.14. The van der Waals surface area contributed by atoms with Gasteiger partial charge in [-0.2, -0.15) is 0 Å². The number of hydrogen-bond donors (Lipinski definition) is 11. The van der Waals surface area contributed by atoms with E-state index in [1.807, 2.05) is 0 Å². The van der Waals surface area contributed by atoms with Crippen molar-refractivity contribution in [3.05, 3.63) is 35.6 Å². The molecule has 0 aliphatic carbocycles. The Hall–Kier alpha value is -5.21. The largest absolute Gasteiger partial charge is 0.481 e. The first kappa shape index (κ1) is 41.8. The van der Waals surface area contributed by atoms with Gasteiger partial charge in [0.2, 0.25) is 41.9 Å². The maximum atomic E-state index is 14.7. The molecule has 0 spiro atoms. The van der Waals surface area contributed by atoms with Crippen molar-refractivity contribution in [1.82, 2.24) is 37.2 Å². The van der Waals surface area contributed by atoms with Gasteiger partial charge < -0.3 is 57.6 Å². The number of aliphatic hydroxyl groups is 3. The lowest BCUT2D eigenvalue weighted by Crippen LogP contribution is -2.66. The summed E-state index contributed by atoms with van der Waals surface area (Å²) < 4.78 is 14.7. The van der Waals surface area contributed by atoms with Crippen LogP contribution < -0.4 is 37.2 Å². The van der Waals surface area contributed by atoms with Crippen LogP contribution in [0.5, 0.6) is 0 Å². The maximum Gasteiger partial charge on any atom is 0.305 e. The Morgan fingerprint density at radius 1 is 0.857 bits per heavy atom. The molecule has 6 atom stereocenters. The van der Waals surface area contributed by atoms with Gasteiger partial charge in [-0.25, -0.2) is 4.39 Å². The van der Waals surface area contributed by atoms with E-state index in [1.165, 1.54) is 18.2 Å². The quantitative estimate of drug-likeness (QED) is 0.0537. The summed E-state index contributed by atoms with van der Waals surface area (Å²) in [5, 5.41) is 54.3. The van der Waals surface area contributed by atoms with Crippen molar-refractivity contribution in [1.29, 1.82) is 0 Å². The maximum absolute atomic E-state index is 14.7. The molecular weight excluding hydrogens is 657 g/mol. The van der Waals surface area contributed by atoms with Crippen LogP contribution in [0.25, 0.3) is 0 Å². The Kier molecular flexibility index (Phi) is 17.3. The molecule has 1 aromatic rings. The van der Waals surface area contributed by atoms with E-state index in [9.17, 15) is 58.1 Å². The summed E-state index contributed by atoms with van der Waals surface area (Å²) in [6.45, 7) is 0.995. The Morgan fingerprint density at radius 3 is 2.02 bits per heavy atom.